The number of carbonyl (C=O) groups is 2. The number of sulfonamides is 1. The van der Waals surface area contributed by atoms with Crippen LogP contribution in [0.25, 0.3) is 0 Å². The molecule has 0 atom stereocenters. The van der Waals surface area contributed by atoms with Gasteiger partial charge in [-0.1, -0.05) is 25.1 Å². The summed E-state index contributed by atoms with van der Waals surface area (Å²) in [4.78, 5) is 27.6. The number of rotatable bonds is 7. The summed E-state index contributed by atoms with van der Waals surface area (Å²) in [6.45, 7) is 7.97. The van der Waals surface area contributed by atoms with Crippen molar-refractivity contribution in [2.45, 2.75) is 31.0 Å². The largest absolute Gasteiger partial charge is 0.465 e. The van der Waals surface area contributed by atoms with Crippen LogP contribution < -0.4 is 0 Å². The molecular formula is C22H25FN2O5S2. The van der Waals surface area contributed by atoms with E-state index in [-0.39, 0.29) is 47.4 Å². The molecule has 2 heterocycles. The molecule has 0 saturated carbocycles. The van der Waals surface area contributed by atoms with Gasteiger partial charge in [-0.05, 0) is 37.1 Å². The fourth-order valence-electron chi connectivity index (χ4n) is 3.63. The first-order valence-corrected chi connectivity index (χ1v) is 12.3. The Balaban J connectivity index is 2.02. The molecule has 0 spiro atoms. The third-order valence-electron chi connectivity index (χ3n) is 5.15. The van der Waals surface area contributed by atoms with Crippen LogP contribution in [0, 0.1) is 5.82 Å². The molecule has 172 valence electrons. The van der Waals surface area contributed by atoms with E-state index in [1.54, 1.807) is 13.8 Å². The standard InChI is InChI=1S/C22H25FN2O5S2/c1-5-25(12-14(2)3)32(28,29)22-19(21(27)30-4)17-9-10-24(13-18(17)31-22)20(26)15-7-6-8-16(23)11-15/h6-8,11H,2,5,9-10,12-13H2,1,3-4H3. The average molecular weight is 481 g/mol. The molecule has 3 rings (SSSR count). The third kappa shape index (κ3) is 4.62. The van der Waals surface area contributed by atoms with Crippen LogP contribution in [0.5, 0.6) is 0 Å². The van der Waals surface area contributed by atoms with E-state index in [0.29, 0.717) is 22.4 Å². The Morgan fingerprint density at radius 2 is 2.06 bits per heavy atom. The molecule has 2 aromatic rings. The van der Waals surface area contributed by atoms with Crippen LogP contribution in [-0.4, -0.2) is 56.2 Å². The lowest BCUT2D eigenvalue weighted by atomic mass is 10.0. The smallest absolute Gasteiger partial charge is 0.340 e. The van der Waals surface area contributed by atoms with Crippen LogP contribution in [0.1, 0.15) is 45.0 Å². The molecule has 32 heavy (non-hydrogen) atoms. The summed E-state index contributed by atoms with van der Waals surface area (Å²) in [6, 6.07) is 5.42. The Hall–Kier alpha value is -2.56. The maximum absolute atomic E-state index is 13.6. The number of benzene rings is 1. The van der Waals surface area contributed by atoms with Gasteiger partial charge in [0.25, 0.3) is 15.9 Å². The molecular weight excluding hydrogens is 455 g/mol. The molecule has 1 amide bonds. The molecule has 10 heteroatoms. The summed E-state index contributed by atoms with van der Waals surface area (Å²) < 4.78 is 46.4. The summed E-state index contributed by atoms with van der Waals surface area (Å²) in [5.41, 5.74) is 1.49. The highest BCUT2D eigenvalue weighted by Gasteiger charge is 2.37. The number of fused-ring (bicyclic) bond motifs is 1. The number of ether oxygens (including phenoxy) is 1. The Bertz CT molecular complexity index is 1170. The second-order valence-electron chi connectivity index (χ2n) is 7.53. The Morgan fingerprint density at radius 3 is 2.66 bits per heavy atom. The quantitative estimate of drug-likeness (QED) is 0.448. The molecule has 1 aromatic carbocycles. The van der Waals surface area contributed by atoms with Gasteiger partial charge < -0.3 is 9.64 Å². The molecule has 1 aliphatic heterocycles. The van der Waals surface area contributed by atoms with Gasteiger partial charge in [0, 0.05) is 30.1 Å². The van der Waals surface area contributed by atoms with Crippen molar-refractivity contribution >= 4 is 33.2 Å². The van der Waals surface area contributed by atoms with Gasteiger partial charge in [-0.2, -0.15) is 4.31 Å². The number of likely N-dealkylation sites (N-methyl/N-ethyl adjacent to an activating group) is 1. The molecule has 0 radical (unpaired) electrons. The minimum atomic E-state index is -3.98. The second kappa shape index (κ2) is 9.51. The Kier molecular flexibility index (Phi) is 7.16. The van der Waals surface area contributed by atoms with E-state index in [9.17, 15) is 22.4 Å². The summed E-state index contributed by atoms with van der Waals surface area (Å²) in [5.74, 6) is -1.59. The van der Waals surface area contributed by atoms with Gasteiger partial charge in [0.1, 0.15) is 10.0 Å². The summed E-state index contributed by atoms with van der Waals surface area (Å²) in [7, 11) is -2.78. The monoisotopic (exact) mass is 480 g/mol. The van der Waals surface area contributed by atoms with Crippen molar-refractivity contribution in [3.05, 3.63) is 63.8 Å². The molecule has 0 N–H and O–H groups in total. The van der Waals surface area contributed by atoms with Gasteiger partial charge >= 0.3 is 5.97 Å². The van der Waals surface area contributed by atoms with Crippen LogP contribution in [0.15, 0.2) is 40.6 Å². The lowest BCUT2D eigenvalue weighted by Gasteiger charge is -2.27. The number of carbonyl (C=O) groups excluding carboxylic acids is 2. The topological polar surface area (TPSA) is 84.0 Å². The lowest BCUT2D eigenvalue weighted by molar-refractivity contribution is 0.0595. The molecule has 0 fully saturated rings. The molecule has 1 aliphatic rings. The highest BCUT2D eigenvalue weighted by atomic mass is 32.2. The molecule has 0 bridgehead atoms. The highest BCUT2D eigenvalue weighted by Crippen LogP contribution is 2.38. The number of hydrogen-bond donors (Lipinski definition) is 0. The first-order chi connectivity index (χ1) is 15.1. The Labute approximate surface area is 191 Å². The molecule has 1 aromatic heterocycles. The first kappa shape index (κ1) is 24.1. The minimum absolute atomic E-state index is 0.0329. The van der Waals surface area contributed by atoms with Crippen LogP contribution in [0.3, 0.4) is 0 Å². The van der Waals surface area contributed by atoms with Crippen molar-refractivity contribution < 1.29 is 27.1 Å². The van der Waals surface area contributed by atoms with E-state index in [2.05, 4.69) is 6.58 Å². The van der Waals surface area contributed by atoms with Gasteiger partial charge in [0.2, 0.25) is 0 Å². The fourth-order valence-corrected chi connectivity index (χ4v) is 7.18. The van der Waals surface area contributed by atoms with Crippen LogP contribution >= 0.6 is 11.3 Å². The van der Waals surface area contributed by atoms with E-state index in [1.165, 1.54) is 40.6 Å². The van der Waals surface area contributed by atoms with Crippen LogP contribution in [0.2, 0.25) is 0 Å². The number of esters is 1. The second-order valence-corrected chi connectivity index (χ2v) is 10.8. The van der Waals surface area contributed by atoms with Gasteiger partial charge in [-0.15, -0.1) is 11.3 Å². The van der Waals surface area contributed by atoms with E-state index in [0.717, 1.165) is 11.3 Å². The number of methoxy groups -OCH3 is 1. The van der Waals surface area contributed by atoms with Crippen LogP contribution in [-0.2, 0) is 27.7 Å². The van der Waals surface area contributed by atoms with Crippen molar-refractivity contribution in [3.63, 3.8) is 0 Å². The lowest BCUT2D eigenvalue weighted by Crippen LogP contribution is -2.35. The highest BCUT2D eigenvalue weighted by molar-refractivity contribution is 7.91. The number of halogens is 1. The molecule has 7 nitrogen and oxygen atoms in total. The summed E-state index contributed by atoms with van der Waals surface area (Å²) in [6.07, 6.45) is 0.291. The maximum Gasteiger partial charge on any atom is 0.340 e. The zero-order valence-corrected chi connectivity index (χ0v) is 19.8. The fraction of sp³-hybridized carbons (Fsp3) is 0.364. The van der Waals surface area contributed by atoms with Crippen molar-refractivity contribution in [2.24, 2.45) is 0 Å². The van der Waals surface area contributed by atoms with E-state index >= 15 is 0 Å². The van der Waals surface area contributed by atoms with E-state index in [1.807, 2.05) is 0 Å². The Morgan fingerprint density at radius 1 is 1.34 bits per heavy atom. The van der Waals surface area contributed by atoms with E-state index < -0.39 is 21.8 Å². The molecule has 0 saturated heterocycles. The number of nitrogens with zero attached hydrogens (tertiary/aromatic N) is 2. The average Bonchev–Trinajstić information content (AvgIpc) is 3.15. The maximum atomic E-state index is 13.6. The third-order valence-corrected chi connectivity index (χ3v) is 8.78. The van der Waals surface area contributed by atoms with Crippen LogP contribution in [0.4, 0.5) is 4.39 Å². The van der Waals surface area contributed by atoms with Crippen molar-refractivity contribution in [2.75, 3.05) is 26.7 Å². The van der Waals surface area contributed by atoms with E-state index in [4.69, 9.17) is 4.74 Å². The number of thiophene rings is 1. The van der Waals surface area contributed by atoms with Crippen molar-refractivity contribution in [3.8, 4) is 0 Å². The number of amides is 1. The van der Waals surface area contributed by atoms with Gasteiger partial charge in [-0.3, -0.25) is 4.79 Å². The number of hydrogen-bond acceptors (Lipinski definition) is 6. The van der Waals surface area contributed by atoms with Crippen molar-refractivity contribution in [1.82, 2.24) is 9.21 Å². The zero-order valence-electron chi connectivity index (χ0n) is 18.2. The van der Waals surface area contributed by atoms with Gasteiger partial charge in [0.05, 0.1) is 19.2 Å². The normalized spacial score (nSPS) is 13.7. The minimum Gasteiger partial charge on any atom is -0.465 e. The summed E-state index contributed by atoms with van der Waals surface area (Å²) in [5, 5.41) is 0. The van der Waals surface area contributed by atoms with Gasteiger partial charge in [-0.25, -0.2) is 17.6 Å². The molecule has 0 unspecified atom stereocenters. The SMILES string of the molecule is C=C(C)CN(CC)S(=O)(=O)c1sc2c(c1C(=O)OC)CCN(C(=O)c1cccc(F)c1)C2. The molecule has 0 aliphatic carbocycles. The first-order valence-electron chi connectivity index (χ1n) is 10.0. The zero-order chi connectivity index (χ0) is 23.6. The van der Waals surface area contributed by atoms with Crippen molar-refractivity contribution in [1.29, 1.82) is 0 Å². The predicted molar refractivity (Wildman–Crippen MR) is 120 cm³/mol. The summed E-state index contributed by atoms with van der Waals surface area (Å²) >= 11 is 0.975. The van der Waals surface area contributed by atoms with Gasteiger partial charge in [0.15, 0.2) is 0 Å². The predicted octanol–water partition coefficient (Wildman–Crippen LogP) is 3.46.